The molecule has 0 bridgehead atoms. The van der Waals surface area contributed by atoms with Crippen molar-refractivity contribution >= 4 is 21.8 Å². The average molecular weight is 581 g/mol. The highest BCUT2D eigenvalue weighted by Crippen LogP contribution is 2.15. The average Bonchev–Trinajstić information content (AvgIpc) is 2.95. The van der Waals surface area contributed by atoms with E-state index >= 15 is 0 Å². The fraction of sp³-hybridized carbons (Fsp3) is 0.806. The Hall–Kier alpha value is -1.71. The standard InChI is InChI=1S/C31H56N4O4S/c1-3-34-23-25-35(26-24-34)30-21-20-29(28-33-30)31(36)32-22-18-16-14-12-10-8-6-4-5-7-9-11-13-15-17-19-27-39-40(2,37)38/h20-21,28H,3-19,22-27H2,1-2H3,(H,32,36). The molecule has 0 aromatic carbocycles. The van der Waals surface area contributed by atoms with E-state index in [0.29, 0.717) is 12.2 Å². The predicted octanol–water partition coefficient (Wildman–Crippen LogP) is 6.17. The summed E-state index contributed by atoms with van der Waals surface area (Å²) in [6.45, 7) is 8.47. The second kappa shape index (κ2) is 21.1. The van der Waals surface area contributed by atoms with Crippen LogP contribution >= 0.6 is 0 Å². The van der Waals surface area contributed by atoms with Gasteiger partial charge in [0.1, 0.15) is 5.82 Å². The highest BCUT2D eigenvalue weighted by atomic mass is 32.2. The van der Waals surface area contributed by atoms with E-state index in [0.717, 1.165) is 70.6 Å². The summed E-state index contributed by atoms with van der Waals surface area (Å²) < 4.78 is 26.5. The second-order valence-electron chi connectivity index (χ2n) is 11.3. The van der Waals surface area contributed by atoms with Gasteiger partial charge in [-0.05, 0) is 31.5 Å². The van der Waals surface area contributed by atoms with Gasteiger partial charge in [0.15, 0.2) is 0 Å². The van der Waals surface area contributed by atoms with Crippen molar-refractivity contribution in [2.75, 3.05) is 57.0 Å². The van der Waals surface area contributed by atoms with Gasteiger partial charge in [-0.15, -0.1) is 0 Å². The van der Waals surface area contributed by atoms with Crippen LogP contribution in [0.3, 0.4) is 0 Å². The van der Waals surface area contributed by atoms with E-state index in [1.807, 2.05) is 12.1 Å². The Balaban J connectivity index is 1.33. The minimum atomic E-state index is -3.28. The molecular formula is C31H56N4O4S. The maximum absolute atomic E-state index is 12.4. The van der Waals surface area contributed by atoms with Crippen LogP contribution in [0.25, 0.3) is 0 Å². The SMILES string of the molecule is CCN1CCN(c2ccc(C(=O)NCCCCCCCCCCCCCCCCCCOS(C)(=O)=O)cn2)CC1. The zero-order valence-electron chi connectivity index (χ0n) is 25.4. The van der Waals surface area contributed by atoms with Crippen LogP contribution in [0.4, 0.5) is 5.82 Å². The number of carbonyl (C=O) groups excluding carboxylic acids is 1. The number of likely N-dealkylation sites (N-methyl/N-ethyl adjacent to an activating group) is 1. The van der Waals surface area contributed by atoms with Gasteiger partial charge in [0, 0.05) is 38.9 Å². The fourth-order valence-electron chi connectivity index (χ4n) is 5.22. The monoisotopic (exact) mass is 580 g/mol. The third-order valence-electron chi connectivity index (χ3n) is 7.81. The number of amides is 1. The molecule has 1 aromatic rings. The topological polar surface area (TPSA) is 91.8 Å². The van der Waals surface area contributed by atoms with Crippen molar-refractivity contribution in [3.63, 3.8) is 0 Å². The minimum Gasteiger partial charge on any atom is -0.354 e. The predicted molar refractivity (Wildman–Crippen MR) is 166 cm³/mol. The van der Waals surface area contributed by atoms with Crippen molar-refractivity contribution in [1.82, 2.24) is 15.2 Å². The smallest absolute Gasteiger partial charge is 0.264 e. The fourth-order valence-corrected chi connectivity index (χ4v) is 5.64. The number of nitrogens with zero attached hydrogens (tertiary/aromatic N) is 3. The lowest BCUT2D eigenvalue weighted by atomic mass is 10.0. The molecule has 1 N–H and O–H groups in total. The number of piperazine rings is 1. The first-order chi connectivity index (χ1) is 19.4. The summed E-state index contributed by atoms with van der Waals surface area (Å²) in [7, 11) is -3.28. The summed E-state index contributed by atoms with van der Waals surface area (Å²) >= 11 is 0. The summed E-state index contributed by atoms with van der Waals surface area (Å²) in [6, 6.07) is 3.87. The molecule has 2 heterocycles. The third kappa shape index (κ3) is 16.5. The maximum Gasteiger partial charge on any atom is 0.264 e. The molecule has 1 aliphatic rings. The molecule has 1 fully saturated rings. The molecule has 40 heavy (non-hydrogen) atoms. The van der Waals surface area contributed by atoms with Crippen LogP contribution in [0.2, 0.25) is 0 Å². The van der Waals surface area contributed by atoms with E-state index < -0.39 is 10.1 Å². The Kier molecular flexibility index (Phi) is 18.2. The van der Waals surface area contributed by atoms with Crippen molar-refractivity contribution in [2.24, 2.45) is 0 Å². The summed E-state index contributed by atoms with van der Waals surface area (Å²) in [5.41, 5.74) is 0.644. The number of aromatic nitrogens is 1. The normalized spacial score (nSPS) is 14.5. The summed E-state index contributed by atoms with van der Waals surface area (Å²) in [4.78, 5) is 21.7. The molecule has 0 unspecified atom stereocenters. The molecular weight excluding hydrogens is 524 g/mol. The molecule has 0 aliphatic carbocycles. The van der Waals surface area contributed by atoms with Gasteiger partial charge in [0.25, 0.3) is 16.0 Å². The van der Waals surface area contributed by atoms with E-state index in [4.69, 9.17) is 4.18 Å². The van der Waals surface area contributed by atoms with Crippen LogP contribution in [-0.4, -0.2) is 76.3 Å². The van der Waals surface area contributed by atoms with Gasteiger partial charge in [0.2, 0.25) is 0 Å². The number of carbonyl (C=O) groups is 1. The van der Waals surface area contributed by atoms with Crippen LogP contribution < -0.4 is 10.2 Å². The first-order valence-corrected chi connectivity index (χ1v) is 17.8. The van der Waals surface area contributed by atoms with Crippen LogP contribution in [0.15, 0.2) is 18.3 Å². The number of rotatable bonds is 23. The van der Waals surface area contributed by atoms with Crippen LogP contribution in [0.1, 0.15) is 120 Å². The quantitative estimate of drug-likeness (QED) is 0.122. The molecule has 9 heteroatoms. The molecule has 1 aromatic heterocycles. The van der Waals surface area contributed by atoms with Gasteiger partial charge in [-0.25, -0.2) is 4.98 Å². The zero-order valence-corrected chi connectivity index (χ0v) is 26.2. The van der Waals surface area contributed by atoms with E-state index in [-0.39, 0.29) is 5.91 Å². The van der Waals surface area contributed by atoms with Gasteiger partial charge >= 0.3 is 0 Å². The van der Waals surface area contributed by atoms with E-state index in [2.05, 4.69) is 27.0 Å². The van der Waals surface area contributed by atoms with Crippen LogP contribution in [0.5, 0.6) is 0 Å². The number of nitrogens with one attached hydrogen (secondary N) is 1. The molecule has 230 valence electrons. The van der Waals surface area contributed by atoms with Gasteiger partial charge in [-0.3, -0.25) is 8.98 Å². The lowest BCUT2D eigenvalue weighted by Gasteiger charge is -2.34. The number of hydrogen-bond donors (Lipinski definition) is 1. The summed E-state index contributed by atoms with van der Waals surface area (Å²) in [5, 5.41) is 3.05. The van der Waals surface area contributed by atoms with E-state index in [9.17, 15) is 13.2 Å². The first-order valence-electron chi connectivity index (χ1n) is 15.9. The number of anilines is 1. The van der Waals surface area contributed by atoms with Crippen molar-refractivity contribution in [3.8, 4) is 0 Å². The molecule has 1 saturated heterocycles. The number of pyridine rings is 1. The molecule has 8 nitrogen and oxygen atoms in total. The summed E-state index contributed by atoms with van der Waals surface area (Å²) in [5.74, 6) is 0.944. The van der Waals surface area contributed by atoms with Gasteiger partial charge in [-0.2, -0.15) is 8.42 Å². The molecule has 2 rings (SSSR count). The largest absolute Gasteiger partial charge is 0.354 e. The van der Waals surface area contributed by atoms with Crippen LogP contribution in [-0.2, 0) is 14.3 Å². The Labute approximate surface area is 244 Å². The third-order valence-corrected chi connectivity index (χ3v) is 8.40. The Morgan fingerprint density at radius 2 is 1.30 bits per heavy atom. The maximum atomic E-state index is 12.4. The van der Waals surface area contributed by atoms with Crippen molar-refractivity contribution in [1.29, 1.82) is 0 Å². The Morgan fingerprint density at radius 1 is 0.800 bits per heavy atom. The molecule has 0 spiro atoms. The van der Waals surface area contributed by atoms with E-state index in [1.54, 1.807) is 6.20 Å². The molecule has 0 radical (unpaired) electrons. The lowest BCUT2D eigenvalue weighted by Crippen LogP contribution is -2.46. The van der Waals surface area contributed by atoms with Gasteiger partial charge < -0.3 is 15.1 Å². The Bertz CT molecular complexity index is 887. The van der Waals surface area contributed by atoms with Crippen molar-refractivity contribution in [2.45, 2.75) is 110 Å². The first kappa shape index (κ1) is 34.5. The van der Waals surface area contributed by atoms with Crippen molar-refractivity contribution < 1.29 is 17.4 Å². The van der Waals surface area contributed by atoms with E-state index in [1.165, 1.54) is 83.5 Å². The highest BCUT2D eigenvalue weighted by molar-refractivity contribution is 7.85. The van der Waals surface area contributed by atoms with Gasteiger partial charge in [-0.1, -0.05) is 96.8 Å². The number of hydrogen-bond acceptors (Lipinski definition) is 7. The Morgan fingerprint density at radius 3 is 1.75 bits per heavy atom. The van der Waals surface area contributed by atoms with Crippen LogP contribution in [0, 0.1) is 0 Å². The zero-order chi connectivity index (χ0) is 28.9. The molecule has 0 saturated carbocycles. The highest BCUT2D eigenvalue weighted by Gasteiger charge is 2.17. The lowest BCUT2D eigenvalue weighted by molar-refractivity contribution is 0.0952. The second-order valence-corrected chi connectivity index (χ2v) is 12.9. The van der Waals surface area contributed by atoms with Gasteiger partial charge in [0.05, 0.1) is 18.4 Å². The van der Waals surface area contributed by atoms with Crippen molar-refractivity contribution in [3.05, 3.63) is 23.9 Å². The summed E-state index contributed by atoms with van der Waals surface area (Å²) in [6.07, 6.45) is 22.5. The molecule has 1 amide bonds. The molecule has 1 aliphatic heterocycles. The molecule has 0 atom stereocenters. The number of unbranched alkanes of at least 4 members (excludes halogenated alkanes) is 15. The minimum absolute atomic E-state index is 0.0214.